The van der Waals surface area contributed by atoms with Gasteiger partial charge in [0.2, 0.25) is 0 Å². The second-order valence-corrected chi connectivity index (χ2v) is 11.9. The molecule has 0 spiro atoms. The Kier molecular flexibility index (Phi) is 7.20. The second-order valence-electron chi connectivity index (χ2n) is 10.9. The zero-order chi connectivity index (χ0) is 27.1. The van der Waals surface area contributed by atoms with Crippen molar-refractivity contribution in [3.05, 3.63) is 46.6 Å². The van der Waals surface area contributed by atoms with E-state index in [0.717, 1.165) is 66.3 Å². The van der Waals surface area contributed by atoms with Crippen LogP contribution < -0.4 is 14.8 Å². The number of hydrogen-bond acceptors (Lipinski definition) is 7. The van der Waals surface area contributed by atoms with E-state index >= 15 is 0 Å². The Labute approximate surface area is 233 Å². The third-order valence-corrected chi connectivity index (χ3v) is 8.95. The number of rotatable bonds is 7. The summed E-state index contributed by atoms with van der Waals surface area (Å²) in [5, 5.41) is 5.41. The van der Waals surface area contributed by atoms with Crippen LogP contribution in [0.25, 0.3) is 16.4 Å². The van der Waals surface area contributed by atoms with E-state index in [-0.39, 0.29) is 23.7 Å². The molecule has 0 bridgehead atoms. The fraction of sp³-hybridized carbons (Fsp3) is 0.500. The largest absolute Gasteiger partial charge is 0.493 e. The summed E-state index contributed by atoms with van der Waals surface area (Å²) in [6.07, 6.45) is 5.19. The molecule has 0 radical (unpaired) electrons. The molecule has 8 nitrogen and oxygen atoms in total. The molecule has 2 aliphatic heterocycles. The molecule has 4 heterocycles. The first-order chi connectivity index (χ1) is 19.0. The van der Waals surface area contributed by atoms with Gasteiger partial charge in [0.25, 0.3) is 5.91 Å². The van der Waals surface area contributed by atoms with Crippen molar-refractivity contribution in [1.82, 2.24) is 19.8 Å². The molecule has 1 aliphatic carbocycles. The van der Waals surface area contributed by atoms with E-state index in [4.69, 9.17) is 14.5 Å². The Hall–Kier alpha value is -3.17. The van der Waals surface area contributed by atoms with Crippen LogP contribution in [0, 0.1) is 5.92 Å². The number of Topliss-reactive ketones (excluding diaryl/α,β-unsaturated/α-hetero) is 1. The molecule has 1 unspecified atom stereocenters. The Morgan fingerprint density at radius 3 is 2.69 bits per heavy atom. The zero-order valence-electron chi connectivity index (χ0n) is 22.9. The number of thiophene rings is 1. The molecule has 1 N–H and O–H groups in total. The number of benzene rings is 1. The SMILES string of the molecule is COc1cc2c(cc1OC(C)C)-n1c(-c3cccs3)nc(C(=O)N3CCCNCC3C(=O)C3CCC3)c1CC2. The standard InChI is InChI=1S/C30H36N4O4S/c1-18(2)38-25-16-22-20(15-24(25)37-3)10-11-21-27(32-29(34(21)22)26-9-5-14-39-26)30(36)33-13-6-12-31-17-23(33)28(35)19-7-4-8-19/h5,9,14-16,18-19,23,31H,4,6-8,10-13,17H2,1-3H3. The van der Waals surface area contributed by atoms with Crippen molar-refractivity contribution in [1.29, 1.82) is 0 Å². The summed E-state index contributed by atoms with van der Waals surface area (Å²) in [5.74, 6) is 2.25. The Morgan fingerprint density at radius 1 is 1.15 bits per heavy atom. The lowest BCUT2D eigenvalue weighted by Gasteiger charge is -2.34. The van der Waals surface area contributed by atoms with Crippen molar-refractivity contribution in [2.45, 2.75) is 64.5 Å². The predicted molar refractivity (Wildman–Crippen MR) is 151 cm³/mol. The monoisotopic (exact) mass is 548 g/mol. The highest BCUT2D eigenvalue weighted by molar-refractivity contribution is 7.13. The number of aromatic nitrogens is 2. The molecule has 1 saturated carbocycles. The number of aryl methyl sites for hydroxylation is 1. The number of carbonyl (C=O) groups excluding carboxylic acids is 2. The van der Waals surface area contributed by atoms with Crippen LogP contribution in [0.1, 0.15) is 61.3 Å². The van der Waals surface area contributed by atoms with Gasteiger partial charge in [0.15, 0.2) is 28.8 Å². The van der Waals surface area contributed by atoms with Crippen LogP contribution >= 0.6 is 11.3 Å². The van der Waals surface area contributed by atoms with Gasteiger partial charge in [0, 0.05) is 25.1 Å². The first-order valence-electron chi connectivity index (χ1n) is 14.0. The highest BCUT2D eigenvalue weighted by Crippen LogP contribution is 2.41. The number of nitrogens with zero attached hydrogens (tertiary/aromatic N) is 3. The lowest BCUT2D eigenvalue weighted by molar-refractivity contribution is -0.129. The summed E-state index contributed by atoms with van der Waals surface area (Å²) in [6, 6.07) is 7.66. The molecule has 2 aromatic heterocycles. The minimum Gasteiger partial charge on any atom is -0.493 e. The predicted octanol–water partition coefficient (Wildman–Crippen LogP) is 4.67. The summed E-state index contributed by atoms with van der Waals surface area (Å²) in [5.41, 5.74) is 3.44. The van der Waals surface area contributed by atoms with E-state index in [1.165, 1.54) is 0 Å². The summed E-state index contributed by atoms with van der Waals surface area (Å²) in [6.45, 7) is 5.84. The fourth-order valence-corrected chi connectivity index (χ4v) is 6.63. The van der Waals surface area contributed by atoms with Gasteiger partial charge in [-0.3, -0.25) is 14.2 Å². The molecule has 1 saturated heterocycles. The van der Waals surface area contributed by atoms with E-state index < -0.39 is 6.04 Å². The van der Waals surface area contributed by atoms with Gasteiger partial charge in [0.1, 0.15) is 6.04 Å². The number of carbonyl (C=O) groups is 2. The summed E-state index contributed by atoms with van der Waals surface area (Å²) >= 11 is 1.60. The Bertz CT molecular complexity index is 1380. The molecule has 6 rings (SSSR count). The van der Waals surface area contributed by atoms with Crippen LogP contribution in [0.2, 0.25) is 0 Å². The molecular weight excluding hydrogens is 512 g/mol. The Balaban J connectivity index is 1.46. The molecule has 9 heteroatoms. The number of nitrogens with one attached hydrogen (secondary N) is 1. The van der Waals surface area contributed by atoms with E-state index in [2.05, 4.69) is 9.88 Å². The summed E-state index contributed by atoms with van der Waals surface area (Å²) < 4.78 is 13.9. The highest BCUT2D eigenvalue weighted by atomic mass is 32.1. The van der Waals surface area contributed by atoms with Gasteiger partial charge in [-0.1, -0.05) is 12.5 Å². The van der Waals surface area contributed by atoms with Gasteiger partial charge in [-0.25, -0.2) is 4.98 Å². The molecule has 2 fully saturated rings. The van der Waals surface area contributed by atoms with Crippen LogP contribution in [-0.4, -0.2) is 65.0 Å². The van der Waals surface area contributed by atoms with Gasteiger partial charge in [-0.15, -0.1) is 11.3 Å². The summed E-state index contributed by atoms with van der Waals surface area (Å²) in [4.78, 5) is 35.5. The van der Waals surface area contributed by atoms with Crippen molar-refractivity contribution in [3.63, 3.8) is 0 Å². The molecule has 206 valence electrons. The number of fused-ring (bicyclic) bond motifs is 3. The first kappa shape index (κ1) is 26.1. The lowest BCUT2D eigenvalue weighted by Crippen LogP contribution is -2.51. The van der Waals surface area contributed by atoms with Crippen molar-refractivity contribution < 1.29 is 19.1 Å². The molecule has 1 aromatic carbocycles. The molecular formula is C30H36N4O4S. The molecule has 39 heavy (non-hydrogen) atoms. The van der Waals surface area contributed by atoms with Crippen molar-refractivity contribution in [2.75, 3.05) is 26.7 Å². The third-order valence-electron chi connectivity index (χ3n) is 8.08. The van der Waals surface area contributed by atoms with Crippen LogP contribution in [0.5, 0.6) is 11.5 Å². The number of amides is 1. The number of methoxy groups -OCH3 is 1. The maximum absolute atomic E-state index is 14.3. The summed E-state index contributed by atoms with van der Waals surface area (Å²) in [7, 11) is 1.66. The van der Waals surface area contributed by atoms with Crippen LogP contribution in [-0.2, 0) is 17.6 Å². The minimum absolute atomic E-state index is 0.0153. The number of imidazole rings is 1. The van der Waals surface area contributed by atoms with Crippen molar-refractivity contribution in [2.24, 2.45) is 5.92 Å². The van der Waals surface area contributed by atoms with Crippen molar-refractivity contribution >= 4 is 23.0 Å². The zero-order valence-corrected chi connectivity index (χ0v) is 23.7. The van der Waals surface area contributed by atoms with Crippen LogP contribution in [0.3, 0.4) is 0 Å². The first-order valence-corrected chi connectivity index (χ1v) is 14.9. The minimum atomic E-state index is -0.445. The smallest absolute Gasteiger partial charge is 0.275 e. The maximum atomic E-state index is 14.3. The van der Waals surface area contributed by atoms with E-state index in [1.54, 1.807) is 23.3 Å². The highest BCUT2D eigenvalue weighted by Gasteiger charge is 2.40. The van der Waals surface area contributed by atoms with Gasteiger partial charge in [-0.05, 0) is 75.6 Å². The van der Waals surface area contributed by atoms with E-state index in [9.17, 15) is 9.59 Å². The number of ether oxygens (including phenoxy) is 2. The second kappa shape index (κ2) is 10.8. The average Bonchev–Trinajstić information content (AvgIpc) is 3.48. The lowest BCUT2D eigenvalue weighted by atomic mass is 9.79. The van der Waals surface area contributed by atoms with Gasteiger partial charge in [0.05, 0.1) is 29.5 Å². The van der Waals surface area contributed by atoms with E-state index in [1.807, 2.05) is 43.5 Å². The maximum Gasteiger partial charge on any atom is 0.275 e. The van der Waals surface area contributed by atoms with Crippen LogP contribution in [0.15, 0.2) is 29.6 Å². The Morgan fingerprint density at radius 2 is 2.00 bits per heavy atom. The van der Waals surface area contributed by atoms with Crippen LogP contribution in [0.4, 0.5) is 0 Å². The molecule has 1 amide bonds. The topological polar surface area (TPSA) is 85.7 Å². The number of hydrogen-bond donors (Lipinski definition) is 1. The van der Waals surface area contributed by atoms with Gasteiger partial charge in [-0.2, -0.15) is 0 Å². The fourth-order valence-electron chi connectivity index (χ4n) is 5.92. The third kappa shape index (κ3) is 4.76. The molecule has 1 atom stereocenters. The van der Waals surface area contributed by atoms with E-state index in [0.29, 0.717) is 36.7 Å². The average molecular weight is 549 g/mol. The van der Waals surface area contributed by atoms with Gasteiger partial charge < -0.3 is 19.7 Å². The normalized spacial score (nSPS) is 19.2. The quantitative estimate of drug-likeness (QED) is 0.462. The molecule has 3 aromatic rings. The number of ketones is 1. The molecule has 3 aliphatic rings. The van der Waals surface area contributed by atoms with Crippen molar-refractivity contribution in [3.8, 4) is 27.9 Å². The van der Waals surface area contributed by atoms with Gasteiger partial charge >= 0.3 is 0 Å².